The summed E-state index contributed by atoms with van der Waals surface area (Å²) in [6.45, 7) is 5.38. The van der Waals surface area contributed by atoms with Crippen LogP contribution in [0.3, 0.4) is 0 Å². The zero-order valence-corrected chi connectivity index (χ0v) is 19.3. The Kier molecular flexibility index (Phi) is 7.08. The number of nitrogens with zero attached hydrogens (tertiary/aromatic N) is 4. The monoisotopic (exact) mass is 472 g/mol. The summed E-state index contributed by atoms with van der Waals surface area (Å²) in [6, 6.07) is 8.60. The Morgan fingerprint density at radius 2 is 2.06 bits per heavy atom. The van der Waals surface area contributed by atoms with Crippen LogP contribution in [0.15, 0.2) is 30.3 Å². The minimum absolute atomic E-state index is 0.0161. The maximum atomic E-state index is 14.2. The first kappa shape index (κ1) is 23.0. The van der Waals surface area contributed by atoms with Crippen LogP contribution in [0.1, 0.15) is 41.5 Å². The molecule has 3 heterocycles. The largest absolute Gasteiger partial charge is 0.464 e. The molecule has 0 saturated carbocycles. The van der Waals surface area contributed by atoms with E-state index in [0.717, 1.165) is 30.7 Å². The minimum atomic E-state index is -0.664. The van der Waals surface area contributed by atoms with Crippen molar-refractivity contribution in [2.45, 2.75) is 33.1 Å². The predicted octanol–water partition coefficient (Wildman–Crippen LogP) is 4.54. The van der Waals surface area contributed by atoms with Gasteiger partial charge in [0.15, 0.2) is 11.6 Å². The number of benzene rings is 1. The number of hydrogen-bond acceptors (Lipinski definition) is 6. The maximum Gasteiger partial charge on any atom is 0.318 e. The van der Waals surface area contributed by atoms with Crippen LogP contribution < -0.4 is 10.1 Å². The van der Waals surface area contributed by atoms with Crippen molar-refractivity contribution in [3.05, 3.63) is 58.1 Å². The quantitative estimate of drug-likeness (QED) is 0.524. The summed E-state index contributed by atoms with van der Waals surface area (Å²) in [4.78, 5) is 23.4. The third-order valence-electron chi connectivity index (χ3n) is 5.58. The first-order valence-corrected chi connectivity index (χ1v) is 11.3. The average molecular weight is 473 g/mol. The molecule has 1 fully saturated rings. The van der Waals surface area contributed by atoms with E-state index in [2.05, 4.69) is 25.5 Å². The Morgan fingerprint density at radius 3 is 2.76 bits per heavy atom. The molecule has 2 aromatic heterocycles. The highest BCUT2D eigenvalue weighted by Crippen LogP contribution is 2.26. The number of nitrogens with one attached hydrogen (secondary N) is 2. The maximum absolute atomic E-state index is 14.2. The molecule has 1 saturated heterocycles. The van der Waals surface area contributed by atoms with E-state index in [4.69, 9.17) is 16.3 Å². The minimum Gasteiger partial charge on any atom is -0.464 e. The summed E-state index contributed by atoms with van der Waals surface area (Å²) in [5, 5.41) is 10.2. The number of carbonyl (C=O) groups excluding carboxylic acids is 1. The highest BCUT2D eigenvalue weighted by Gasteiger charge is 2.26. The van der Waals surface area contributed by atoms with E-state index in [-0.39, 0.29) is 16.5 Å². The lowest BCUT2D eigenvalue weighted by Gasteiger charge is -2.32. The van der Waals surface area contributed by atoms with E-state index in [0.29, 0.717) is 43.3 Å². The highest BCUT2D eigenvalue weighted by molar-refractivity contribution is 6.31. The Labute approximate surface area is 196 Å². The van der Waals surface area contributed by atoms with Gasteiger partial charge in [0.25, 0.3) is 5.91 Å². The van der Waals surface area contributed by atoms with Crippen molar-refractivity contribution in [1.82, 2.24) is 25.1 Å². The first-order valence-electron chi connectivity index (χ1n) is 11.0. The molecule has 0 atom stereocenters. The predicted molar refractivity (Wildman–Crippen MR) is 124 cm³/mol. The van der Waals surface area contributed by atoms with Gasteiger partial charge < -0.3 is 15.0 Å². The topological polar surface area (TPSA) is 96.0 Å². The molecule has 1 aliphatic heterocycles. The molecule has 3 aromatic rings. The molecule has 0 unspecified atom stereocenters. The van der Waals surface area contributed by atoms with Crippen molar-refractivity contribution in [2.75, 3.05) is 25.0 Å². The van der Waals surface area contributed by atoms with Crippen molar-refractivity contribution >= 4 is 29.1 Å². The molecular formula is C23H26ClFN6O2. The summed E-state index contributed by atoms with van der Waals surface area (Å²) in [5.74, 6) is 0.625. The van der Waals surface area contributed by atoms with Gasteiger partial charge >= 0.3 is 6.01 Å². The van der Waals surface area contributed by atoms with Crippen LogP contribution >= 0.6 is 11.6 Å². The number of piperidine rings is 1. The fourth-order valence-electron chi connectivity index (χ4n) is 3.92. The van der Waals surface area contributed by atoms with Gasteiger partial charge in [0, 0.05) is 30.9 Å². The van der Waals surface area contributed by atoms with Gasteiger partial charge in [0.2, 0.25) is 0 Å². The lowest BCUT2D eigenvalue weighted by molar-refractivity contribution is 0.0685. The molecule has 1 aliphatic rings. The Balaban J connectivity index is 1.41. The van der Waals surface area contributed by atoms with Crippen LogP contribution in [0.5, 0.6) is 6.01 Å². The molecular weight excluding hydrogens is 447 g/mol. The average Bonchev–Trinajstić information content (AvgIpc) is 3.20. The Bertz CT molecular complexity index is 1130. The van der Waals surface area contributed by atoms with Gasteiger partial charge in [-0.15, -0.1) is 0 Å². The SMILES string of the molecule is CCOc1nc(CC2CCN(C(=O)c3cccc(Cl)c3F)CC2)cc(Nc2cc(C)[nH]n2)n1. The first-order chi connectivity index (χ1) is 15.9. The van der Waals surface area contributed by atoms with E-state index >= 15 is 0 Å². The normalized spacial score (nSPS) is 14.4. The van der Waals surface area contributed by atoms with Crippen molar-refractivity contribution in [3.63, 3.8) is 0 Å². The number of H-pyrrole nitrogens is 1. The smallest absolute Gasteiger partial charge is 0.318 e. The van der Waals surface area contributed by atoms with Crippen LogP contribution in [0, 0.1) is 18.7 Å². The fraction of sp³-hybridized carbons (Fsp3) is 0.391. The second-order valence-electron chi connectivity index (χ2n) is 8.06. The van der Waals surface area contributed by atoms with Crippen LogP contribution in [0.4, 0.5) is 16.0 Å². The van der Waals surface area contributed by atoms with Crippen LogP contribution in [-0.4, -0.2) is 50.7 Å². The van der Waals surface area contributed by atoms with Gasteiger partial charge in [0.05, 0.1) is 22.9 Å². The number of hydrogen-bond donors (Lipinski definition) is 2. The van der Waals surface area contributed by atoms with Gasteiger partial charge in [0.1, 0.15) is 5.82 Å². The van der Waals surface area contributed by atoms with E-state index in [1.165, 1.54) is 12.1 Å². The van der Waals surface area contributed by atoms with Crippen molar-refractivity contribution in [1.29, 1.82) is 0 Å². The highest BCUT2D eigenvalue weighted by atomic mass is 35.5. The molecule has 0 bridgehead atoms. The Hall–Kier alpha value is -3.20. The van der Waals surface area contributed by atoms with Gasteiger partial charge in [-0.25, -0.2) is 9.37 Å². The number of halogens is 2. The summed E-state index contributed by atoms with van der Waals surface area (Å²) in [7, 11) is 0. The van der Waals surface area contributed by atoms with Crippen LogP contribution in [0.2, 0.25) is 5.02 Å². The van der Waals surface area contributed by atoms with Crippen molar-refractivity contribution in [3.8, 4) is 6.01 Å². The van der Waals surface area contributed by atoms with Gasteiger partial charge in [-0.3, -0.25) is 9.89 Å². The fourth-order valence-corrected chi connectivity index (χ4v) is 4.10. The molecule has 33 heavy (non-hydrogen) atoms. The standard InChI is InChI=1S/C23H26ClFN6O2/c1-3-33-23-26-16(13-19(28-23)27-20-11-14(2)29-30-20)12-15-7-9-31(10-8-15)22(32)17-5-4-6-18(24)21(17)25/h4-6,11,13,15H,3,7-10,12H2,1-2H3,(H2,26,27,28,29,30). The summed E-state index contributed by atoms with van der Waals surface area (Å²) >= 11 is 5.83. The molecule has 0 radical (unpaired) electrons. The number of anilines is 2. The number of amides is 1. The lowest BCUT2D eigenvalue weighted by atomic mass is 9.91. The molecule has 174 valence electrons. The molecule has 10 heteroatoms. The molecule has 0 spiro atoms. The van der Waals surface area contributed by atoms with Crippen molar-refractivity contribution in [2.24, 2.45) is 5.92 Å². The summed E-state index contributed by atoms with van der Waals surface area (Å²) in [5.41, 5.74) is 1.81. The molecule has 4 rings (SSSR count). The van der Waals surface area contributed by atoms with E-state index < -0.39 is 5.82 Å². The second kappa shape index (κ2) is 10.2. The summed E-state index contributed by atoms with van der Waals surface area (Å²) < 4.78 is 19.8. The van der Waals surface area contributed by atoms with E-state index in [9.17, 15) is 9.18 Å². The van der Waals surface area contributed by atoms with E-state index in [1.807, 2.05) is 26.0 Å². The number of ether oxygens (including phenoxy) is 1. The number of aryl methyl sites for hydroxylation is 1. The number of carbonyl (C=O) groups is 1. The molecule has 1 aromatic carbocycles. The second-order valence-corrected chi connectivity index (χ2v) is 8.47. The Morgan fingerprint density at radius 1 is 1.27 bits per heavy atom. The summed E-state index contributed by atoms with van der Waals surface area (Å²) in [6.07, 6.45) is 2.32. The molecule has 0 aliphatic carbocycles. The van der Waals surface area contributed by atoms with Gasteiger partial charge in [-0.1, -0.05) is 17.7 Å². The lowest BCUT2D eigenvalue weighted by Crippen LogP contribution is -2.39. The van der Waals surface area contributed by atoms with Crippen LogP contribution in [0.25, 0.3) is 0 Å². The number of rotatable bonds is 7. The van der Waals surface area contributed by atoms with E-state index in [1.54, 1.807) is 11.0 Å². The van der Waals surface area contributed by atoms with Crippen molar-refractivity contribution < 1.29 is 13.9 Å². The zero-order valence-electron chi connectivity index (χ0n) is 18.6. The molecule has 2 N–H and O–H groups in total. The van der Waals surface area contributed by atoms with Gasteiger partial charge in [-0.05, 0) is 51.2 Å². The number of aromatic amines is 1. The van der Waals surface area contributed by atoms with Crippen LogP contribution in [-0.2, 0) is 6.42 Å². The third-order valence-corrected chi connectivity index (χ3v) is 5.87. The number of aromatic nitrogens is 4. The van der Waals surface area contributed by atoms with Gasteiger partial charge in [-0.2, -0.15) is 10.1 Å². The molecule has 1 amide bonds. The zero-order chi connectivity index (χ0) is 23.4. The molecule has 8 nitrogen and oxygen atoms in total. The number of likely N-dealkylation sites (tertiary alicyclic amines) is 1. The third kappa shape index (κ3) is 5.60.